The molecule has 0 aromatic heterocycles. The molecular formula is C20H23ClFN3O4. The Kier molecular flexibility index (Phi) is 7.81. The molecule has 1 aliphatic rings. The van der Waals surface area contributed by atoms with Crippen LogP contribution in [0.2, 0.25) is 0 Å². The van der Waals surface area contributed by atoms with Gasteiger partial charge in [-0.2, -0.15) is 0 Å². The second kappa shape index (κ2) is 10.1. The molecule has 1 aliphatic heterocycles. The van der Waals surface area contributed by atoms with Crippen LogP contribution in [-0.2, 0) is 11.3 Å². The first-order valence-corrected chi connectivity index (χ1v) is 8.91. The molecule has 0 atom stereocenters. The van der Waals surface area contributed by atoms with Gasteiger partial charge in [0.1, 0.15) is 11.6 Å². The van der Waals surface area contributed by atoms with Crippen molar-refractivity contribution < 1.29 is 23.5 Å². The molecule has 2 amide bonds. The molecule has 0 bridgehead atoms. The van der Waals surface area contributed by atoms with Crippen molar-refractivity contribution in [1.29, 1.82) is 0 Å². The Labute approximate surface area is 174 Å². The van der Waals surface area contributed by atoms with E-state index < -0.39 is 5.82 Å². The average molecular weight is 424 g/mol. The maximum Gasteiger partial charge on any atom is 0.254 e. The number of carbonyl (C=O) groups excluding carboxylic acids is 2. The molecule has 0 saturated carbocycles. The number of ether oxygens (including phenoxy) is 2. The quantitative estimate of drug-likeness (QED) is 0.770. The highest BCUT2D eigenvalue weighted by molar-refractivity contribution is 5.95. The Hall–Kier alpha value is -2.84. The fourth-order valence-electron chi connectivity index (χ4n) is 2.97. The van der Waals surface area contributed by atoms with Crippen LogP contribution in [0.5, 0.6) is 17.2 Å². The molecule has 2 aromatic rings. The third-order valence-corrected chi connectivity index (χ3v) is 4.41. The number of hydrogen-bond donors (Lipinski definition) is 2. The lowest BCUT2D eigenvalue weighted by atomic mass is 10.1. The summed E-state index contributed by atoms with van der Waals surface area (Å²) in [7, 11) is 1.48. The first-order valence-electron chi connectivity index (χ1n) is 8.91. The number of hydrogen-bond acceptors (Lipinski definition) is 5. The topological polar surface area (TPSA) is 93.9 Å². The van der Waals surface area contributed by atoms with Crippen LogP contribution in [0.4, 0.5) is 4.39 Å². The fraction of sp³-hybridized carbons (Fsp3) is 0.300. The van der Waals surface area contributed by atoms with Crippen LogP contribution in [-0.4, -0.2) is 43.5 Å². The molecule has 1 heterocycles. The highest BCUT2D eigenvalue weighted by Gasteiger charge is 2.21. The van der Waals surface area contributed by atoms with Crippen LogP contribution < -0.4 is 20.5 Å². The Morgan fingerprint density at radius 2 is 2.00 bits per heavy atom. The maximum absolute atomic E-state index is 13.8. The van der Waals surface area contributed by atoms with Crippen LogP contribution >= 0.6 is 12.4 Å². The van der Waals surface area contributed by atoms with Crippen LogP contribution in [0.1, 0.15) is 22.3 Å². The molecule has 3 N–H and O–H groups in total. The molecule has 1 saturated heterocycles. The minimum atomic E-state index is -0.467. The van der Waals surface area contributed by atoms with Crippen molar-refractivity contribution in [3.63, 3.8) is 0 Å². The van der Waals surface area contributed by atoms with Crippen molar-refractivity contribution in [3.05, 3.63) is 53.3 Å². The van der Waals surface area contributed by atoms with Gasteiger partial charge < -0.3 is 25.4 Å². The van der Waals surface area contributed by atoms with Crippen molar-refractivity contribution in [2.24, 2.45) is 5.73 Å². The van der Waals surface area contributed by atoms with E-state index in [9.17, 15) is 14.0 Å². The van der Waals surface area contributed by atoms with Gasteiger partial charge in [-0.15, -0.1) is 12.4 Å². The Morgan fingerprint density at radius 3 is 2.72 bits per heavy atom. The number of nitrogens with zero attached hydrogens (tertiary/aromatic N) is 1. The smallest absolute Gasteiger partial charge is 0.254 e. The van der Waals surface area contributed by atoms with Gasteiger partial charge in [0.2, 0.25) is 5.91 Å². The number of nitrogens with two attached hydrogens (primary N) is 1. The summed E-state index contributed by atoms with van der Waals surface area (Å²) in [6.45, 7) is 1.36. The van der Waals surface area contributed by atoms with Crippen molar-refractivity contribution >= 4 is 24.2 Å². The zero-order chi connectivity index (χ0) is 20.1. The molecule has 2 aromatic carbocycles. The lowest BCUT2D eigenvalue weighted by Crippen LogP contribution is -2.34. The van der Waals surface area contributed by atoms with E-state index in [1.807, 2.05) is 0 Å². The van der Waals surface area contributed by atoms with Crippen LogP contribution in [0.15, 0.2) is 36.4 Å². The Morgan fingerprint density at radius 1 is 1.21 bits per heavy atom. The van der Waals surface area contributed by atoms with Gasteiger partial charge in [0, 0.05) is 44.2 Å². The zero-order valence-electron chi connectivity index (χ0n) is 15.9. The van der Waals surface area contributed by atoms with E-state index in [-0.39, 0.29) is 48.7 Å². The van der Waals surface area contributed by atoms with Crippen molar-refractivity contribution in [3.8, 4) is 17.2 Å². The summed E-state index contributed by atoms with van der Waals surface area (Å²) in [5.41, 5.74) is 6.56. The van der Waals surface area contributed by atoms with Gasteiger partial charge >= 0.3 is 0 Å². The summed E-state index contributed by atoms with van der Waals surface area (Å²) in [6, 6.07) is 8.99. The van der Waals surface area contributed by atoms with Gasteiger partial charge in [-0.05, 0) is 35.9 Å². The van der Waals surface area contributed by atoms with E-state index in [1.165, 1.54) is 19.2 Å². The number of amides is 2. The minimum Gasteiger partial charge on any atom is -0.493 e. The van der Waals surface area contributed by atoms with Gasteiger partial charge in [0.05, 0.1) is 7.11 Å². The average Bonchev–Trinajstić information content (AvgIpc) is 2.91. The van der Waals surface area contributed by atoms with E-state index in [4.69, 9.17) is 15.2 Å². The van der Waals surface area contributed by atoms with Crippen LogP contribution in [0, 0.1) is 5.82 Å². The molecule has 0 spiro atoms. The van der Waals surface area contributed by atoms with Gasteiger partial charge in [0.15, 0.2) is 11.5 Å². The largest absolute Gasteiger partial charge is 0.493 e. The molecule has 156 valence electrons. The first kappa shape index (κ1) is 22.4. The number of carbonyl (C=O) groups is 2. The summed E-state index contributed by atoms with van der Waals surface area (Å²) in [5.74, 6) is 0.189. The summed E-state index contributed by atoms with van der Waals surface area (Å²) >= 11 is 0. The van der Waals surface area contributed by atoms with E-state index in [1.54, 1.807) is 29.2 Å². The first-order chi connectivity index (χ1) is 13.5. The van der Waals surface area contributed by atoms with E-state index in [0.717, 1.165) is 0 Å². The molecule has 29 heavy (non-hydrogen) atoms. The number of methoxy groups -OCH3 is 1. The zero-order valence-corrected chi connectivity index (χ0v) is 16.8. The number of benzene rings is 2. The van der Waals surface area contributed by atoms with Gasteiger partial charge in [-0.3, -0.25) is 9.59 Å². The molecule has 1 fully saturated rings. The second-order valence-corrected chi connectivity index (χ2v) is 6.36. The van der Waals surface area contributed by atoms with Crippen LogP contribution in [0.25, 0.3) is 0 Å². The fourth-order valence-corrected chi connectivity index (χ4v) is 2.97. The number of rotatable bonds is 5. The molecule has 0 aliphatic carbocycles. The predicted molar refractivity (Wildman–Crippen MR) is 108 cm³/mol. The highest BCUT2D eigenvalue weighted by Crippen LogP contribution is 2.33. The Balaban J connectivity index is 0.00000300. The second-order valence-electron chi connectivity index (χ2n) is 6.36. The Bertz CT molecular complexity index is 894. The van der Waals surface area contributed by atoms with Crippen molar-refractivity contribution in [2.45, 2.75) is 13.0 Å². The molecule has 3 rings (SSSR count). The van der Waals surface area contributed by atoms with Gasteiger partial charge in [-0.1, -0.05) is 0 Å². The number of halogens is 2. The van der Waals surface area contributed by atoms with Crippen LogP contribution in [0.3, 0.4) is 0 Å². The highest BCUT2D eigenvalue weighted by atomic mass is 35.5. The standard InChI is InChI=1S/C20H22FN3O4.ClH/c1-27-17-3-2-14(20(26)24-6-4-19(25)23-5-7-24)10-18(17)28-16-9-13(12-22)8-15(21)11-16;/h2-3,8-11H,4-7,12,22H2,1H3,(H,23,25);1H. The lowest BCUT2D eigenvalue weighted by molar-refractivity contribution is -0.120. The lowest BCUT2D eigenvalue weighted by Gasteiger charge is -2.20. The summed E-state index contributed by atoms with van der Waals surface area (Å²) in [6.07, 6.45) is 0.260. The van der Waals surface area contributed by atoms with E-state index in [2.05, 4.69) is 5.32 Å². The third kappa shape index (κ3) is 5.58. The minimum absolute atomic E-state index is 0. The third-order valence-electron chi connectivity index (χ3n) is 4.41. The van der Waals surface area contributed by atoms with E-state index >= 15 is 0 Å². The monoisotopic (exact) mass is 423 g/mol. The predicted octanol–water partition coefficient (Wildman–Crippen LogP) is 2.47. The summed E-state index contributed by atoms with van der Waals surface area (Å²) < 4.78 is 24.8. The maximum atomic E-state index is 13.8. The van der Waals surface area contributed by atoms with Crippen molar-refractivity contribution in [1.82, 2.24) is 10.2 Å². The molecule has 0 radical (unpaired) electrons. The molecular weight excluding hydrogens is 401 g/mol. The van der Waals surface area contributed by atoms with Crippen molar-refractivity contribution in [2.75, 3.05) is 26.7 Å². The molecule has 9 heteroatoms. The van der Waals surface area contributed by atoms with E-state index in [0.29, 0.717) is 36.5 Å². The SMILES string of the molecule is COc1ccc(C(=O)N2CCNC(=O)CC2)cc1Oc1cc(F)cc(CN)c1.Cl. The van der Waals surface area contributed by atoms with Gasteiger partial charge in [0.25, 0.3) is 5.91 Å². The number of nitrogens with one attached hydrogen (secondary N) is 1. The molecule has 7 nitrogen and oxygen atoms in total. The van der Waals surface area contributed by atoms with Gasteiger partial charge in [-0.25, -0.2) is 4.39 Å². The summed E-state index contributed by atoms with van der Waals surface area (Å²) in [4.78, 5) is 25.9. The molecule has 0 unspecified atom stereocenters. The summed E-state index contributed by atoms with van der Waals surface area (Å²) in [5, 5.41) is 2.74. The normalized spacial score (nSPS) is 13.8.